The number of hydrogen-bond acceptors (Lipinski definition) is 2. The van der Waals surface area contributed by atoms with Crippen LogP contribution in [-0.4, -0.2) is 42.1 Å². The molecule has 0 aromatic rings. The van der Waals surface area contributed by atoms with E-state index < -0.39 is 0 Å². The first-order valence-corrected chi connectivity index (χ1v) is 8.44. The highest BCUT2D eigenvalue weighted by Gasteiger charge is 2.22. The highest BCUT2D eigenvalue weighted by molar-refractivity contribution is 9.09. The lowest BCUT2D eigenvalue weighted by molar-refractivity contribution is 0.0907. The first kappa shape index (κ1) is 13.8. The fraction of sp³-hybridized carbons (Fsp3) is 1.00. The fourth-order valence-corrected chi connectivity index (χ4v) is 3.73. The van der Waals surface area contributed by atoms with Gasteiger partial charge in [0.25, 0.3) is 0 Å². The van der Waals surface area contributed by atoms with Crippen LogP contribution >= 0.6 is 15.9 Å². The molecule has 2 fully saturated rings. The molecule has 0 spiro atoms. The summed E-state index contributed by atoms with van der Waals surface area (Å²) >= 11 is 3.59. The zero-order valence-electron chi connectivity index (χ0n) is 10.9. The summed E-state index contributed by atoms with van der Waals surface area (Å²) in [4.78, 5) is 2.72. The summed E-state index contributed by atoms with van der Waals surface area (Å²) in [6.45, 7) is 3.61. The number of nitrogens with zero attached hydrogens (tertiary/aromatic N) is 1. The van der Waals surface area contributed by atoms with E-state index in [1.807, 2.05) is 0 Å². The summed E-state index contributed by atoms with van der Waals surface area (Å²) in [5.74, 6) is 0. The molecule has 0 radical (unpaired) electrons. The number of likely N-dealkylation sites (tertiary alicyclic amines) is 1. The zero-order valence-corrected chi connectivity index (χ0v) is 12.5. The van der Waals surface area contributed by atoms with Crippen LogP contribution in [0.4, 0.5) is 0 Å². The smallest absolute Gasteiger partial charge is 0.0576 e. The van der Waals surface area contributed by atoms with Crippen LogP contribution in [0.15, 0.2) is 0 Å². The molecule has 2 rings (SSSR count). The van der Waals surface area contributed by atoms with Crippen LogP contribution < -0.4 is 0 Å². The number of halogens is 1. The van der Waals surface area contributed by atoms with Crippen molar-refractivity contribution in [2.24, 2.45) is 0 Å². The average Bonchev–Trinajstić information content (AvgIpc) is 2.85. The van der Waals surface area contributed by atoms with E-state index in [-0.39, 0.29) is 0 Å². The highest BCUT2D eigenvalue weighted by atomic mass is 79.9. The minimum Gasteiger partial charge on any atom is -0.378 e. The van der Waals surface area contributed by atoms with Crippen molar-refractivity contribution in [1.29, 1.82) is 0 Å². The van der Waals surface area contributed by atoms with Crippen LogP contribution in [0.25, 0.3) is 0 Å². The van der Waals surface area contributed by atoms with Crippen LogP contribution in [0.2, 0.25) is 0 Å². The molecule has 2 unspecified atom stereocenters. The van der Waals surface area contributed by atoms with E-state index in [0.29, 0.717) is 6.10 Å². The molecule has 0 N–H and O–H groups in total. The summed E-state index contributed by atoms with van der Waals surface area (Å²) in [5, 5.41) is 1.15. The predicted octanol–water partition coefficient (Wildman–Crippen LogP) is 3.59. The Morgan fingerprint density at radius 2 is 2.06 bits per heavy atom. The Morgan fingerprint density at radius 3 is 2.82 bits per heavy atom. The molecule has 17 heavy (non-hydrogen) atoms. The van der Waals surface area contributed by atoms with Gasteiger partial charge in [-0.15, -0.1) is 0 Å². The third-order valence-corrected chi connectivity index (χ3v) is 4.64. The summed E-state index contributed by atoms with van der Waals surface area (Å²) in [6.07, 6.45) is 11.3. The van der Waals surface area contributed by atoms with Crippen LogP contribution in [-0.2, 0) is 4.74 Å². The van der Waals surface area contributed by atoms with Crippen molar-refractivity contribution in [3.05, 3.63) is 0 Å². The molecule has 0 amide bonds. The van der Waals surface area contributed by atoms with Crippen molar-refractivity contribution < 1.29 is 4.74 Å². The topological polar surface area (TPSA) is 12.5 Å². The molecular weight excluding hydrogens is 278 g/mol. The largest absolute Gasteiger partial charge is 0.378 e. The van der Waals surface area contributed by atoms with E-state index in [9.17, 15) is 0 Å². The summed E-state index contributed by atoms with van der Waals surface area (Å²) in [6, 6.07) is 0.840. The summed E-state index contributed by atoms with van der Waals surface area (Å²) in [5.41, 5.74) is 0. The van der Waals surface area contributed by atoms with Crippen LogP contribution in [0.5, 0.6) is 0 Å². The minimum absolute atomic E-state index is 0.578. The van der Waals surface area contributed by atoms with Crippen LogP contribution in [0, 0.1) is 0 Å². The molecule has 0 aliphatic carbocycles. The highest BCUT2D eigenvalue weighted by Crippen LogP contribution is 2.22. The predicted molar refractivity (Wildman–Crippen MR) is 75.8 cm³/mol. The van der Waals surface area contributed by atoms with Crippen molar-refractivity contribution in [3.8, 4) is 0 Å². The monoisotopic (exact) mass is 303 g/mol. The number of rotatable bonds is 6. The van der Waals surface area contributed by atoms with Gasteiger partial charge in [0.2, 0.25) is 0 Å². The van der Waals surface area contributed by atoms with Gasteiger partial charge in [0.15, 0.2) is 0 Å². The first-order valence-electron chi connectivity index (χ1n) is 7.32. The van der Waals surface area contributed by atoms with E-state index in [4.69, 9.17) is 4.74 Å². The van der Waals surface area contributed by atoms with Gasteiger partial charge in [-0.3, -0.25) is 0 Å². The number of alkyl halides is 1. The maximum absolute atomic E-state index is 5.69. The van der Waals surface area contributed by atoms with Gasteiger partial charge in [-0.25, -0.2) is 0 Å². The Labute approximate surface area is 114 Å². The third kappa shape index (κ3) is 4.53. The number of hydrogen-bond donors (Lipinski definition) is 0. The molecule has 0 saturated carbocycles. The molecule has 0 bridgehead atoms. The SMILES string of the molecule is BrCCC1CCCCN1CCCC1CCCO1. The Kier molecular flexibility index (Phi) is 6.30. The van der Waals surface area contributed by atoms with Gasteiger partial charge in [-0.1, -0.05) is 22.4 Å². The van der Waals surface area contributed by atoms with Gasteiger partial charge in [0.05, 0.1) is 6.10 Å². The van der Waals surface area contributed by atoms with Gasteiger partial charge >= 0.3 is 0 Å². The van der Waals surface area contributed by atoms with E-state index in [2.05, 4.69) is 20.8 Å². The lowest BCUT2D eigenvalue weighted by Gasteiger charge is -2.35. The molecule has 2 heterocycles. The summed E-state index contributed by atoms with van der Waals surface area (Å²) < 4.78 is 5.69. The molecule has 2 atom stereocenters. The molecule has 2 saturated heterocycles. The van der Waals surface area contributed by atoms with Gasteiger partial charge in [0, 0.05) is 18.0 Å². The Morgan fingerprint density at radius 1 is 1.12 bits per heavy atom. The van der Waals surface area contributed by atoms with Gasteiger partial charge in [0.1, 0.15) is 0 Å². The number of ether oxygens (including phenoxy) is 1. The normalized spacial score (nSPS) is 30.9. The maximum Gasteiger partial charge on any atom is 0.0576 e. The van der Waals surface area contributed by atoms with Crippen LogP contribution in [0.3, 0.4) is 0 Å². The second-order valence-corrected chi connectivity index (χ2v) is 6.23. The second-order valence-electron chi connectivity index (χ2n) is 5.44. The zero-order chi connectivity index (χ0) is 11.9. The molecule has 0 aromatic heterocycles. The molecule has 2 nitrogen and oxygen atoms in total. The van der Waals surface area contributed by atoms with Gasteiger partial charge < -0.3 is 9.64 Å². The third-order valence-electron chi connectivity index (χ3n) is 4.19. The molecule has 2 aliphatic heterocycles. The van der Waals surface area contributed by atoms with E-state index >= 15 is 0 Å². The quantitative estimate of drug-likeness (QED) is 0.695. The van der Waals surface area contributed by atoms with Gasteiger partial charge in [-0.05, 0) is 58.0 Å². The molecule has 0 aromatic carbocycles. The molecule has 3 heteroatoms. The standard InChI is InChI=1S/C14H26BrNO/c15-9-8-13-5-1-2-10-16(13)11-3-6-14-7-4-12-17-14/h13-14H,1-12H2. The van der Waals surface area contributed by atoms with E-state index in [1.54, 1.807) is 0 Å². The number of piperidine rings is 1. The van der Waals surface area contributed by atoms with Gasteiger partial charge in [-0.2, -0.15) is 0 Å². The Balaban J connectivity index is 1.64. The summed E-state index contributed by atoms with van der Waals surface area (Å²) in [7, 11) is 0. The lowest BCUT2D eigenvalue weighted by atomic mass is 9.99. The molecular formula is C14H26BrNO. The van der Waals surface area contributed by atoms with Crippen molar-refractivity contribution in [1.82, 2.24) is 4.90 Å². The van der Waals surface area contributed by atoms with Crippen LogP contribution in [0.1, 0.15) is 51.4 Å². The maximum atomic E-state index is 5.69. The van der Waals surface area contributed by atoms with Crippen molar-refractivity contribution in [2.45, 2.75) is 63.5 Å². The van der Waals surface area contributed by atoms with E-state index in [0.717, 1.165) is 18.0 Å². The van der Waals surface area contributed by atoms with E-state index in [1.165, 1.54) is 64.5 Å². The Bertz CT molecular complexity index is 204. The van der Waals surface area contributed by atoms with Crippen molar-refractivity contribution in [3.63, 3.8) is 0 Å². The lowest BCUT2D eigenvalue weighted by Crippen LogP contribution is -2.40. The average molecular weight is 304 g/mol. The fourth-order valence-electron chi connectivity index (χ4n) is 3.20. The first-order chi connectivity index (χ1) is 8.40. The molecule has 100 valence electrons. The van der Waals surface area contributed by atoms with Crippen molar-refractivity contribution >= 4 is 15.9 Å². The molecule has 2 aliphatic rings. The minimum atomic E-state index is 0.578. The Hall–Kier alpha value is 0.400. The van der Waals surface area contributed by atoms with Crippen molar-refractivity contribution in [2.75, 3.05) is 25.0 Å². The second kappa shape index (κ2) is 7.75.